The van der Waals surface area contributed by atoms with Crippen LogP contribution in [0.5, 0.6) is 5.75 Å². The van der Waals surface area contributed by atoms with E-state index in [2.05, 4.69) is 15.0 Å². The van der Waals surface area contributed by atoms with Crippen LogP contribution in [0.4, 0.5) is 11.4 Å². The number of pyridine rings is 1. The van der Waals surface area contributed by atoms with E-state index >= 15 is 0 Å². The van der Waals surface area contributed by atoms with Gasteiger partial charge in [-0.15, -0.1) is 0 Å². The van der Waals surface area contributed by atoms with Crippen LogP contribution < -0.4 is 14.8 Å². The van der Waals surface area contributed by atoms with E-state index in [9.17, 15) is 13.2 Å². The van der Waals surface area contributed by atoms with Gasteiger partial charge < -0.3 is 10.1 Å². The number of sulfonamides is 1. The van der Waals surface area contributed by atoms with Gasteiger partial charge in [0.25, 0.3) is 15.9 Å². The van der Waals surface area contributed by atoms with Crippen LogP contribution in [-0.4, -0.2) is 26.4 Å². The van der Waals surface area contributed by atoms with Gasteiger partial charge in [0.1, 0.15) is 15.8 Å². The van der Waals surface area contributed by atoms with E-state index in [1.165, 1.54) is 37.6 Å². The molecule has 31 heavy (non-hydrogen) atoms. The molecule has 1 heterocycles. The Morgan fingerprint density at radius 1 is 1.06 bits per heavy atom. The molecule has 1 aromatic heterocycles. The largest absolute Gasteiger partial charge is 0.495 e. The fraction of sp³-hybridized carbons (Fsp3) is 0.143. The van der Waals surface area contributed by atoms with Crippen LogP contribution in [0.2, 0.25) is 10.2 Å². The first-order valence-corrected chi connectivity index (χ1v) is 11.3. The summed E-state index contributed by atoms with van der Waals surface area (Å²) in [4.78, 5) is 16.3. The van der Waals surface area contributed by atoms with Crippen molar-refractivity contribution in [3.8, 4) is 5.75 Å². The number of aromatic nitrogens is 1. The molecule has 0 bridgehead atoms. The lowest BCUT2D eigenvalue weighted by molar-refractivity contribution is 0.102. The number of carbonyl (C=O) groups excluding carboxylic acids is 1. The van der Waals surface area contributed by atoms with Crippen LogP contribution in [0.25, 0.3) is 0 Å². The number of nitrogens with zero attached hydrogens (tertiary/aromatic N) is 1. The van der Waals surface area contributed by atoms with E-state index in [4.69, 9.17) is 27.9 Å². The Balaban J connectivity index is 1.96. The minimum Gasteiger partial charge on any atom is -0.495 e. The molecule has 7 nitrogen and oxygen atoms in total. The molecule has 0 aliphatic heterocycles. The molecule has 0 saturated heterocycles. The quantitative estimate of drug-likeness (QED) is 0.481. The normalized spacial score (nSPS) is 11.1. The highest BCUT2D eigenvalue weighted by Gasteiger charge is 2.23. The summed E-state index contributed by atoms with van der Waals surface area (Å²) in [7, 11) is -2.65. The number of anilines is 2. The highest BCUT2D eigenvalue weighted by atomic mass is 35.5. The monoisotopic (exact) mass is 479 g/mol. The summed E-state index contributed by atoms with van der Waals surface area (Å²) in [5.74, 6) is -0.437. The lowest BCUT2D eigenvalue weighted by atomic mass is 10.1. The van der Waals surface area contributed by atoms with Gasteiger partial charge in [0.15, 0.2) is 0 Å². The van der Waals surface area contributed by atoms with E-state index in [0.717, 1.165) is 11.1 Å². The second kappa shape index (κ2) is 9.13. The molecule has 162 valence electrons. The number of methoxy groups -OCH3 is 1. The molecule has 0 fully saturated rings. The highest BCUT2D eigenvalue weighted by Crippen LogP contribution is 2.31. The average Bonchev–Trinajstić information content (AvgIpc) is 2.70. The first kappa shape index (κ1) is 22.9. The van der Waals surface area contributed by atoms with E-state index in [1.54, 1.807) is 0 Å². The Hall–Kier alpha value is -2.81. The van der Waals surface area contributed by atoms with E-state index < -0.39 is 15.9 Å². The van der Waals surface area contributed by atoms with Crippen molar-refractivity contribution in [3.05, 3.63) is 75.5 Å². The van der Waals surface area contributed by atoms with Gasteiger partial charge in [0, 0.05) is 11.9 Å². The number of amides is 1. The SMILES string of the molecule is COc1ccc(NC(=O)c2cnc(Cl)cc2Cl)cc1S(=O)(=O)Nc1c(C)cccc1C. The molecular weight excluding hydrogens is 461 g/mol. The number of hydrogen-bond donors (Lipinski definition) is 2. The zero-order valence-corrected chi connectivity index (χ0v) is 19.2. The predicted octanol–water partition coefficient (Wildman–Crippen LogP) is 5.07. The first-order chi connectivity index (χ1) is 14.6. The van der Waals surface area contributed by atoms with Crippen molar-refractivity contribution in [2.24, 2.45) is 0 Å². The third-order valence-corrected chi connectivity index (χ3v) is 6.38. The van der Waals surface area contributed by atoms with Gasteiger partial charge in [-0.05, 0) is 49.2 Å². The van der Waals surface area contributed by atoms with E-state index in [0.29, 0.717) is 5.69 Å². The number of hydrogen-bond acceptors (Lipinski definition) is 5. The summed E-state index contributed by atoms with van der Waals surface area (Å²) in [5.41, 5.74) is 2.37. The van der Waals surface area contributed by atoms with E-state index in [1.807, 2.05) is 32.0 Å². The van der Waals surface area contributed by atoms with Crippen LogP contribution in [0.3, 0.4) is 0 Å². The van der Waals surface area contributed by atoms with Gasteiger partial charge >= 0.3 is 0 Å². The number of aryl methyl sites for hydroxylation is 2. The molecule has 0 radical (unpaired) electrons. The number of nitrogens with one attached hydrogen (secondary N) is 2. The number of carbonyl (C=O) groups is 1. The van der Waals surface area contributed by atoms with E-state index in [-0.39, 0.29) is 32.1 Å². The van der Waals surface area contributed by atoms with Crippen LogP contribution in [0.1, 0.15) is 21.5 Å². The second-order valence-corrected chi connectivity index (χ2v) is 9.12. The highest BCUT2D eigenvalue weighted by molar-refractivity contribution is 7.92. The van der Waals surface area contributed by atoms with Gasteiger partial charge in [0.2, 0.25) is 0 Å². The second-order valence-electron chi connectivity index (χ2n) is 6.68. The molecule has 10 heteroatoms. The van der Waals surface area contributed by atoms with Crippen LogP contribution in [-0.2, 0) is 10.0 Å². The van der Waals surface area contributed by atoms with Gasteiger partial charge in [-0.25, -0.2) is 13.4 Å². The summed E-state index contributed by atoms with van der Waals surface area (Å²) < 4.78 is 34.1. The van der Waals surface area contributed by atoms with Crippen molar-refractivity contribution < 1.29 is 17.9 Å². The lowest BCUT2D eigenvalue weighted by Gasteiger charge is -2.16. The molecule has 0 aliphatic carbocycles. The molecular formula is C21H19Cl2N3O4S. The third-order valence-electron chi connectivity index (χ3n) is 4.49. The fourth-order valence-corrected chi connectivity index (χ4v) is 4.75. The third kappa shape index (κ3) is 5.10. The summed E-state index contributed by atoms with van der Waals surface area (Å²) in [5, 5.41) is 2.89. The maximum atomic E-state index is 13.1. The molecule has 3 rings (SSSR count). The average molecular weight is 480 g/mol. The Labute approximate surface area is 190 Å². The molecule has 1 amide bonds. The molecule has 3 aromatic rings. The number of halogens is 2. The fourth-order valence-electron chi connectivity index (χ4n) is 2.90. The number of rotatable bonds is 6. The molecule has 0 atom stereocenters. The van der Waals surface area contributed by atoms with Crippen molar-refractivity contribution in [1.29, 1.82) is 0 Å². The van der Waals surface area contributed by atoms with Crippen LogP contribution in [0.15, 0.2) is 53.6 Å². The molecule has 2 aromatic carbocycles. The predicted molar refractivity (Wildman–Crippen MR) is 122 cm³/mol. The van der Waals surface area contributed by atoms with Gasteiger partial charge in [0.05, 0.1) is 23.4 Å². The number of benzene rings is 2. The minimum absolute atomic E-state index is 0.0972. The number of para-hydroxylation sites is 1. The molecule has 0 aliphatic rings. The van der Waals surface area contributed by atoms with Crippen molar-refractivity contribution >= 4 is 50.5 Å². The zero-order valence-electron chi connectivity index (χ0n) is 16.9. The summed E-state index contributed by atoms with van der Waals surface area (Å²) >= 11 is 11.8. The van der Waals surface area contributed by atoms with Gasteiger partial charge in [-0.2, -0.15) is 0 Å². The summed E-state index contributed by atoms with van der Waals surface area (Å²) in [6.07, 6.45) is 1.24. The minimum atomic E-state index is -4.02. The van der Waals surface area contributed by atoms with Crippen molar-refractivity contribution in [3.63, 3.8) is 0 Å². The topological polar surface area (TPSA) is 97.4 Å². The van der Waals surface area contributed by atoms with Crippen molar-refractivity contribution in [2.75, 3.05) is 17.1 Å². The standard InChI is InChI=1S/C21H19Cl2N3O4S/c1-12-5-4-6-13(2)20(12)26-31(28,29)18-9-14(7-8-17(18)30-3)25-21(27)15-11-24-19(23)10-16(15)22/h4-11,26H,1-3H3,(H,25,27). The maximum absolute atomic E-state index is 13.1. The number of ether oxygens (including phenoxy) is 1. The lowest BCUT2D eigenvalue weighted by Crippen LogP contribution is -2.17. The smallest absolute Gasteiger partial charge is 0.265 e. The molecule has 2 N–H and O–H groups in total. The maximum Gasteiger partial charge on any atom is 0.265 e. The van der Waals surface area contributed by atoms with Crippen molar-refractivity contribution in [1.82, 2.24) is 4.98 Å². The molecule has 0 saturated carbocycles. The van der Waals surface area contributed by atoms with Gasteiger partial charge in [-0.3, -0.25) is 9.52 Å². The van der Waals surface area contributed by atoms with Crippen molar-refractivity contribution in [2.45, 2.75) is 18.7 Å². The Morgan fingerprint density at radius 2 is 1.74 bits per heavy atom. The first-order valence-electron chi connectivity index (χ1n) is 9.02. The van der Waals surface area contributed by atoms with Crippen LogP contribution in [0, 0.1) is 13.8 Å². The Bertz CT molecular complexity index is 1240. The Morgan fingerprint density at radius 3 is 2.35 bits per heavy atom. The molecule has 0 spiro atoms. The van der Waals surface area contributed by atoms with Crippen LogP contribution >= 0.6 is 23.2 Å². The summed E-state index contributed by atoms with van der Waals surface area (Å²) in [6.45, 7) is 3.62. The molecule has 0 unspecified atom stereocenters. The Kier molecular flexibility index (Phi) is 6.74. The van der Waals surface area contributed by atoms with Gasteiger partial charge in [-0.1, -0.05) is 41.4 Å². The zero-order chi connectivity index (χ0) is 22.8. The summed E-state index contributed by atoms with van der Waals surface area (Å²) in [6, 6.07) is 11.1.